The molecule has 0 radical (unpaired) electrons. The summed E-state index contributed by atoms with van der Waals surface area (Å²) in [6.45, 7) is 15.0. The number of hydrogen-bond acceptors (Lipinski definition) is 2. The standard InChI is InChI=1S/C17H31BO2/c1-14(2)10-8-11-15(3)12-9-13-18-19-16(4,5)17(6,7)20-18/h9-10,13,15H,8,11-12H2,1-7H3/b13-9+/t15-/m0/s1. The maximum atomic E-state index is 5.94. The second-order valence-corrected chi connectivity index (χ2v) is 7.25. The van der Waals surface area contributed by atoms with E-state index in [0.29, 0.717) is 5.92 Å². The summed E-state index contributed by atoms with van der Waals surface area (Å²) in [6.07, 6.45) is 8.01. The molecule has 1 rings (SSSR count). The van der Waals surface area contributed by atoms with Gasteiger partial charge in [0.25, 0.3) is 0 Å². The monoisotopic (exact) mass is 278 g/mol. The van der Waals surface area contributed by atoms with Crippen molar-refractivity contribution in [2.45, 2.75) is 78.9 Å². The van der Waals surface area contributed by atoms with E-state index in [9.17, 15) is 0 Å². The van der Waals surface area contributed by atoms with Crippen molar-refractivity contribution in [2.75, 3.05) is 0 Å². The van der Waals surface area contributed by atoms with Crippen molar-refractivity contribution in [3.05, 3.63) is 23.7 Å². The van der Waals surface area contributed by atoms with Crippen LogP contribution in [0.3, 0.4) is 0 Å². The molecule has 0 aromatic rings. The lowest BCUT2D eigenvalue weighted by Crippen LogP contribution is -2.41. The van der Waals surface area contributed by atoms with Gasteiger partial charge in [-0.15, -0.1) is 0 Å². The molecule has 0 N–H and O–H groups in total. The minimum atomic E-state index is -0.239. The molecular weight excluding hydrogens is 247 g/mol. The molecule has 0 unspecified atom stereocenters. The maximum Gasteiger partial charge on any atom is 0.486 e. The predicted molar refractivity (Wildman–Crippen MR) is 87.7 cm³/mol. The third kappa shape index (κ3) is 5.10. The molecule has 1 aliphatic rings. The molecule has 0 spiro atoms. The fourth-order valence-electron chi connectivity index (χ4n) is 2.16. The summed E-state index contributed by atoms with van der Waals surface area (Å²) < 4.78 is 11.9. The van der Waals surface area contributed by atoms with Crippen molar-refractivity contribution in [1.29, 1.82) is 0 Å². The van der Waals surface area contributed by atoms with Gasteiger partial charge in [0.1, 0.15) is 0 Å². The normalized spacial score (nSPS) is 22.2. The van der Waals surface area contributed by atoms with Gasteiger partial charge >= 0.3 is 7.12 Å². The smallest absolute Gasteiger partial charge is 0.400 e. The summed E-state index contributed by atoms with van der Waals surface area (Å²) in [5.41, 5.74) is 0.929. The van der Waals surface area contributed by atoms with E-state index in [1.807, 2.05) is 0 Å². The summed E-state index contributed by atoms with van der Waals surface area (Å²) in [4.78, 5) is 0. The number of rotatable bonds is 6. The molecule has 1 saturated heterocycles. The molecule has 20 heavy (non-hydrogen) atoms. The topological polar surface area (TPSA) is 18.5 Å². The lowest BCUT2D eigenvalue weighted by molar-refractivity contribution is 0.00578. The van der Waals surface area contributed by atoms with Crippen LogP contribution in [0.5, 0.6) is 0 Å². The van der Waals surface area contributed by atoms with Crippen molar-refractivity contribution in [3.63, 3.8) is 0 Å². The summed E-state index contributed by atoms with van der Waals surface area (Å²) >= 11 is 0. The van der Waals surface area contributed by atoms with E-state index in [1.165, 1.54) is 18.4 Å². The molecule has 1 heterocycles. The molecular formula is C17H31BO2. The van der Waals surface area contributed by atoms with Crippen LogP contribution < -0.4 is 0 Å². The first kappa shape index (κ1) is 17.5. The van der Waals surface area contributed by atoms with Crippen LogP contribution in [0.4, 0.5) is 0 Å². The first-order chi connectivity index (χ1) is 9.14. The molecule has 114 valence electrons. The van der Waals surface area contributed by atoms with E-state index in [1.54, 1.807) is 0 Å². The second-order valence-electron chi connectivity index (χ2n) is 7.25. The fourth-order valence-corrected chi connectivity index (χ4v) is 2.16. The highest BCUT2D eigenvalue weighted by atomic mass is 16.7. The highest BCUT2D eigenvalue weighted by Crippen LogP contribution is 2.36. The average molecular weight is 278 g/mol. The predicted octanol–water partition coefficient (Wildman–Crippen LogP) is 4.95. The zero-order valence-electron chi connectivity index (χ0n) is 14.3. The number of hydrogen-bond donors (Lipinski definition) is 0. The molecule has 0 amide bonds. The lowest BCUT2D eigenvalue weighted by Gasteiger charge is -2.32. The van der Waals surface area contributed by atoms with Crippen molar-refractivity contribution < 1.29 is 9.31 Å². The fraction of sp³-hybridized carbons (Fsp3) is 0.765. The zero-order valence-corrected chi connectivity index (χ0v) is 14.3. The van der Waals surface area contributed by atoms with Crippen molar-refractivity contribution >= 4 is 7.12 Å². The highest BCUT2D eigenvalue weighted by Gasteiger charge is 2.49. The van der Waals surface area contributed by atoms with Gasteiger partial charge in [0.2, 0.25) is 0 Å². The summed E-state index contributed by atoms with van der Waals surface area (Å²) in [6, 6.07) is 0. The third-order valence-electron chi connectivity index (χ3n) is 4.32. The van der Waals surface area contributed by atoms with Gasteiger partial charge in [0.05, 0.1) is 11.2 Å². The third-order valence-corrected chi connectivity index (χ3v) is 4.32. The van der Waals surface area contributed by atoms with Gasteiger partial charge in [0.15, 0.2) is 0 Å². The van der Waals surface area contributed by atoms with E-state index >= 15 is 0 Å². The van der Waals surface area contributed by atoms with E-state index in [2.05, 4.69) is 66.6 Å². The van der Waals surface area contributed by atoms with Gasteiger partial charge in [-0.1, -0.05) is 30.6 Å². The quantitative estimate of drug-likeness (QED) is 0.505. The molecule has 1 fully saturated rings. The Bertz CT molecular complexity index is 349. The Morgan fingerprint density at radius 1 is 1.10 bits per heavy atom. The van der Waals surface area contributed by atoms with Crippen LogP contribution in [-0.4, -0.2) is 18.3 Å². The van der Waals surface area contributed by atoms with Crippen molar-refractivity contribution in [1.82, 2.24) is 0 Å². The van der Waals surface area contributed by atoms with Crippen LogP contribution in [0.2, 0.25) is 0 Å². The van der Waals surface area contributed by atoms with Crippen LogP contribution in [-0.2, 0) is 9.31 Å². The Morgan fingerprint density at radius 2 is 1.65 bits per heavy atom. The van der Waals surface area contributed by atoms with Gasteiger partial charge in [-0.25, -0.2) is 0 Å². The highest BCUT2D eigenvalue weighted by molar-refractivity contribution is 6.51. The van der Waals surface area contributed by atoms with E-state index < -0.39 is 0 Å². The minimum Gasteiger partial charge on any atom is -0.400 e. The Balaban J connectivity index is 2.34. The Labute approximate surface area is 125 Å². The molecule has 0 saturated carbocycles. The molecule has 1 aliphatic heterocycles. The van der Waals surface area contributed by atoms with E-state index in [0.717, 1.165) is 6.42 Å². The van der Waals surface area contributed by atoms with Gasteiger partial charge in [-0.2, -0.15) is 0 Å². The summed E-state index contributed by atoms with van der Waals surface area (Å²) in [5.74, 6) is 2.76. The first-order valence-electron chi connectivity index (χ1n) is 7.80. The van der Waals surface area contributed by atoms with Crippen LogP contribution >= 0.6 is 0 Å². The molecule has 2 nitrogen and oxygen atoms in total. The largest absolute Gasteiger partial charge is 0.486 e. The summed E-state index contributed by atoms with van der Waals surface area (Å²) in [5, 5.41) is 0. The Morgan fingerprint density at radius 3 is 2.15 bits per heavy atom. The molecule has 3 heteroatoms. The first-order valence-corrected chi connectivity index (χ1v) is 7.80. The SMILES string of the molecule is CC(C)=CCC[C@H](C)C/C=C/B1OC(C)(C)C(C)(C)O1. The average Bonchev–Trinajstić information content (AvgIpc) is 2.46. The van der Waals surface area contributed by atoms with Crippen molar-refractivity contribution in [2.24, 2.45) is 5.92 Å². The molecule has 0 aromatic heterocycles. The van der Waals surface area contributed by atoms with Gasteiger partial charge < -0.3 is 9.31 Å². The van der Waals surface area contributed by atoms with Gasteiger partial charge in [-0.3, -0.25) is 0 Å². The van der Waals surface area contributed by atoms with E-state index in [-0.39, 0.29) is 18.3 Å². The minimum absolute atomic E-state index is 0.204. The number of allylic oxidation sites excluding steroid dienone is 3. The molecule has 1 atom stereocenters. The molecule has 0 aromatic carbocycles. The second kappa shape index (κ2) is 6.95. The molecule has 0 bridgehead atoms. The van der Waals surface area contributed by atoms with Gasteiger partial charge in [-0.05, 0) is 66.7 Å². The van der Waals surface area contributed by atoms with Crippen molar-refractivity contribution in [3.8, 4) is 0 Å². The maximum absolute atomic E-state index is 5.94. The van der Waals surface area contributed by atoms with Crippen LogP contribution in [0, 0.1) is 5.92 Å². The zero-order chi connectivity index (χ0) is 15.4. The lowest BCUT2D eigenvalue weighted by atomic mass is 9.88. The van der Waals surface area contributed by atoms with E-state index in [4.69, 9.17) is 9.31 Å². The van der Waals surface area contributed by atoms with Gasteiger partial charge in [0, 0.05) is 0 Å². The van der Waals surface area contributed by atoms with Crippen LogP contribution in [0.1, 0.15) is 67.7 Å². The van der Waals surface area contributed by atoms with Crippen LogP contribution in [0.25, 0.3) is 0 Å². The van der Waals surface area contributed by atoms with Crippen LogP contribution in [0.15, 0.2) is 23.7 Å². The molecule has 0 aliphatic carbocycles. The summed E-state index contributed by atoms with van der Waals surface area (Å²) in [7, 11) is -0.204. The Kier molecular flexibility index (Phi) is 6.09. The Hall–Kier alpha value is -0.535.